The highest BCUT2D eigenvalue weighted by Gasteiger charge is 2.26. The molecule has 0 aromatic heterocycles. The molecule has 0 heterocycles. The van der Waals surface area contributed by atoms with Crippen molar-refractivity contribution in [1.82, 2.24) is 0 Å². The van der Waals surface area contributed by atoms with Gasteiger partial charge in [-0.25, -0.2) is 4.99 Å². The highest BCUT2D eigenvalue weighted by molar-refractivity contribution is 8.13. The van der Waals surface area contributed by atoms with Crippen LogP contribution in [0, 0.1) is 6.92 Å². The second-order valence-electron chi connectivity index (χ2n) is 6.01. The van der Waals surface area contributed by atoms with Crippen LogP contribution in [0.1, 0.15) is 18.9 Å². The largest absolute Gasteiger partial charge is 0.405 e. The summed E-state index contributed by atoms with van der Waals surface area (Å²) in [5.74, 6) is 0. The summed E-state index contributed by atoms with van der Waals surface area (Å²) in [6.45, 7) is 3.05. The molecule has 0 saturated carbocycles. The number of alkyl halides is 3. The minimum Gasteiger partial charge on any atom is -0.376 e. The van der Waals surface area contributed by atoms with Gasteiger partial charge in [0.05, 0.1) is 10.7 Å². The molecular weight excluding hydrogens is 369 g/mol. The summed E-state index contributed by atoms with van der Waals surface area (Å²) in [5, 5.41) is 3.33. The average Bonchev–Trinajstić information content (AvgIpc) is 2.64. The molecule has 2 nitrogen and oxygen atoms in total. The lowest BCUT2D eigenvalue weighted by Gasteiger charge is -2.11. The van der Waals surface area contributed by atoms with E-state index >= 15 is 0 Å². The van der Waals surface area contributed by atoms with Gasteiger partial charge in [-0.1, -0.05) is 31.2 Å². The van der Waals surface area contributed by atoms with Gasteiger partial charge in [0, 0.05) is 5.69 Å². The molecule has 2 aromatic carbocycles. The maximum atomic E-state index is 12.3. The number of anilines is 1. The minimum absolute atomic E-state index is 0.446. The topological polar surface area (TPSA) is 24.4 Å². The molecule has 0 saturated heterocycles. The van der Waals surface area contributed by atoms with Crippen molar-refractivity contribution in [3.05, 3.63) is 60.2 Å². The highest BCUT2D eigenvalue weighted by Crippen LogP contribution is 2.28. The normalized spacial score (nSPS) is 12.6. The first kappa shape index (κ1) is 21.1. The zero-order valence-corrected chi connectivity index (χ0v) is 16.4. The molecule has 0 fully saturated rings. The molecule has 2 aromatic rings. The van der Waals surface area contributed by atoms with Crippen molar-refractivity contribution in [3.8, 4) is 11.1 Å². The Kier molecular flexibility index (Phi) is 7.54. The van der Waals surface area contributed by atoms with Gasteiger partial charge in [-0.15, -0.1) is 11.8 Å². The van der Waals surface area contributed by atoms with Crippen molar-refractivity contribution in [2.45, 2.75) is 26.4 Å². The number of rotatable bonds is 6. The lowest BCUT2D eigenvalue weighted by Crippen LogP contribution is -2.21. The third-order valence-electron chi connectivity index (χ3n) is 3.84. The highest BCUT2D eigenvalue weighted by atomic mass is 32.2. The first-order valence-corrected chi connectivity index (χ1v) is 9.86. The fourth-order valence-electron chi connectivity index (χ4n) is 2.43. The van der Waals surface area contributed by atoms with Gasteiger partial charge < -0.3 is 5.32 Å². The van der Waals surface area contributed by atoms with Crippen molar-refractivity contribution in [2.24, 2.45) is 4.99 Å². The maximum Gasteiger partial charge on any atom is 0.405 e. The van der Waals surface area contributed by atoms with E-state index in [9.17, 15) is 13.2 Å². The van der Waals surface area contributed by atoms with Crippen molar-refractivity contribution >= 4 is 28.2 Å². The lowest BCUT2D eigenvalue weighted by atomic mass is 10.0. The Morgan fingerprint density at radius 1 is 1.11 bits per heavy atom. The Labute approximate surface area is 162 Å². The van der Waals surface area contributed by atoms with Gasteiger partial charge in [0.15, 0.2) is 0 Å². The number of hydrogen-bond donors (Lipinski definition) is 1. The predicted octanol–water partition coefficient (Wildman–Crippen LogP) is 7.00. The number of aryl methyl sites for hydroxylation is 1. The molecule has 27 heavy (non-hydrogen) atoms. The Morgan fingerprint density at radius 2 is 1.78 bits per heavy atom. The maximum absolute atomic E-state index is 12.3. The molecule has 0 aliphatic heterocycles. The van der Waals surface area contributed by atoms with Crippen LogP contribution in [0.2, 0.25) is 0 Å². The summed E-state index contributed by atoms with van der Waals surface area (Å²) in [7, 11) is 0. The first-order chi connectivity index (χ1) is 12.8. The first-order valence-electron chi connectivity index (χ1n) is 8.63. The van der Waals surface area contributed by atoms with Crippen molar-refractivity contribution in [2.75, 3.05) is 18.1 Å². The van der Waals surface area contributed by atoms with Gasteiger partial charge in [0.25, 0.3) is 0 Å². The van der Waals surface area contributed by atoms with Crippen LogP contribution in [-0.4, -0.2) is 24.0 Å². The SMILES string of the molecule is CC/C=C/C(=Nc1ccc(-c2ccc(NCC(F)(F)F)cc2)cc1C)SC. The average molecular weight is 392 g/mol. The molecule has 0 unspecified atom stereocenters. The van der Waals surface area contributed by atoms with Crippen LogP contribution in [0.25, 0.3) is 11.1 Å². The second kappa shape index (κ2) is 9.65. The van der Waals surface area contributed by atoms with E-state index in [1.807, 2.05) is 49.6 Å². The summed E-state index contributed by atoms with van der Waals surface area (Å²) >= 11 is 1.60. The van der Waals surface area contributed by atoms with Crippen LogP contribution in [-0.2, 0) is 0 Å². The van der Waals surface area contributed by atoms with Gasteiger partial charge in [0.1, 0.15) is 6.54 Å². The quantitative estimate of drug-likeness (QED) is 0.423. The van der Waals surface area contributed by atoms with E-state index < -0.39 is 12.7 Å². The molecule has 0 amide bonds. The zero-order chi connectivity index (χ0) is 19.9. The van der Waals surface area contributed by atoms with E-state index in [0.717, 1.165) is 33.8 Å². The van der Waals surface area contributed by atoms with Gasteiger partial charge >= 0.3 is 6.18 Å². The summed E-state index contributed by atoms with van der Waals surface area (Å²) < 4.78 is 36.8. The van der Waals surface area contributed by atoms with E-state index in [0.29, 0.717) is 5.69 Å². The van der Waals surface area contributed by atoms with E-state index in [-0.39, 0.29) is 0 Å². The third kappa shape index (κ3) is 6.79. The van der Waals surface area contributed by atoms with Gasteiger partial charge in [-0.05, 0) is 66.6 Å². The van der Waals surface area contributed by atoms with Crippen LogP contribution in [0.4, 0.5) is 24.5 Å². The zero-order valence-electron chi connectivity index (χ0n) is 15.6. The third-order valence-corrected chi connectivity index (χ3v) is 4.49. The standard InChI is InChI=1S/C21H23F3N2S/c1-4-5-6-20(27-3)26-19-12-9-17(13-15(19)2)16-7-10-18(11-8-16)25-14-21(22,23)24/h5-13,25H,4,14H2,1-3H3/b6-5+,26-20?. The number of halogens is 3. The number of thioether (sulfide) groups is 1. The van der Waals surface area contributed by atoms with E-state index in [1.165, 1.54) is 0 Å². The molecule has 144 valence electrons. The number of allylic oxidation sites excluding steroid dienone is 1. The number of hydrogen-bond acceptors (Lipinski definition) is 3. The molecule has 2 rings (SSSR count). The monoisotopic (exact) mass is 392 g/mol. The smallest absolute Gasteiger partial charge is 0.376 e. The second-order valence-corrected chi connectivity index (χ2v) is 6.84. The molecule has 0 aliphatic carbocycles. The number of benzene rings is 2. The van der Waals surface area contributed by atoms with Crippen LogP contribution in [0.5, 0.6) is 0 Å². The fraction of sp³-hybridized carbons (Fsp3) is 0.286. The fourth-order valence-corrected chi connectivity index (χ4v) is 2.85. The molecule has 0 spiro atoms. The summed E-state index contributed by atoms with van der Waals surface area (Å²) in [6, 6.07) is 12.9. The van der Waals surface area contributed by atoms with Crippen LogP contribution in [0.15, 0.2) is 59.6 Å². The molecule has 0 radical (unpaired) electrons. The molecular formula is C21H23F3N2S. The Hall–Kier alpha value is -2.21. The van der Waals surface area contributed by atoms with Gasteiger partial charge in [-0.3, -0.25) is 0 Å². The van der Waals surface area contributed by atoms with Crippen LogP contribution in [0.3, 0.4) is 0 Å². The Balaban J connectivity index is 2.17. The van der Waals surface area contributed by atoms with E-state index in [1.54, 1.807) is 23.9 Å². The molecule has 1 N–H and O–H groups in total. The van der Waals surface area contributed by atoms with E-state index in [4.69, 9.17) is 0 Å². The number of nitrogens with one attached hydrogen (secondary N) is 1. The van der Waals surface area contributed by atoms with Crippen molar-refractivity contribution < 1.29 is 13.2 Å². The number of aliphatic imine (C=N–C) groups is 1. The van der Waals surface area contributed by atoms with Crippen LogP contribution >= 0.6 is 11.8 Å². The lowest BCUT2D eigenvalue weighted by molar-refractivity contribution is -0.115. The predicted molar refractivity (Wildman–Crippen MR) is 111 cm³/mol. The summed E-state index contributed by atoms with van der Waals surface area (Å²) in [6.07, 6.45) is 2.83. The number of nitrogens with zero attached hydrogens (tertiary/aromatic N) is 1. The molecule has 0 atom stereocenters. The molecule has 0 aliphatic rings. The van der Waals surface area contributed by atoms with Crippen LogP contribution < -0.4 is 5.32 Å². The van der Waals surface area contributed by atoms with Crippen molar-refractivity contribution in [3.63, 3.8) is 0 Å². The minimum atomic E-state index is -4.23. The Bertz CT molecular complexity index is 809. The van der Waals surface area contributed by atoms with Gasteiger partial charge in [0.2, 0.25) is 0 Å². The van der Waals surface area contributed by atoms with E-state index in [2.05, 4.69) is 23.3 Å². The molecule has 0 bridgehead atoms. The van der Waals surface area contributed by atoms with Gasteiger partial charge in [-0.2, -0.15) is 13.2 Å². The van der Waals surface area contributed by atoms with Crippen molar-refractivity contribution in [1.29, 1.82) is 0 Å². The molecule has 6 heteroatoms. The summed E-state index contributed by atoms with van der Waals surface area (Å²) in [4.78, 5) is 4.69. The summed E-state index contributed by atoms with van der Waals surface area (Å²) in [5.41, 5.74) is 4.35. The Morgan fingerprint density at radius 3 is 2.33 bits per heavy atom.